The van der Waals surface area contributed by atoms with E-state index in [1.165, 1.54) is 18.2 Å². The van der Waals surface area contributed by atoms with Crippen LogP contribution in [0.5, 0.6) is 0 Å². The van der Waals surface area contributed by atoms with Crippen LogP contribution in [0.1, 0.15) is 11.1 Å². The molecule has 0 radical (unpaired) electrons. The molecule has 1 aromatic carbocycles. The van der Waals surface area contributed by atoms with Crippen LogP contribution < -0.4 is 4.72 Å². The van der Waals surface area contributed by atoms with Crippen molar-refractivity contribution in [2.75, 3.05) is 6.54 Å². The normalized spacial score (nSPS) is 11.5. The fourth-order valence-electron chi connectivity index (χ4n) is 1.80. The smallest absolute Gasteiger partial charge is 0.240 e. The minimum Gasteiger partial charge on any atom is -0.392 e. The zero-order valence-electron chi connectivity index (χ0n) is 11.2. The van der Waals surface area contributed by atoms with Gasteiger partial charge < -0.3 is 5.11 Å². The Morgan fingerprint density at radius 1 is 1.19 bits per heavy atom. The number of rotatable bonds is 6. The van der Waals surface area contributed by atoms with Gasteiger partial charge in [-0.1, -0.05) is 11.6 Å². The summed E-state index contributed by atoms with van der Waals surface area (Å²) in [6.07, 6.45) is 3.90. The lowest BCUT2D eigenvalue weighted by Gasteiger charge is -2.09. The van der Waals surface area contributed by atoms with Gasteiger partial charge in [0.05, 0.1) is 11.5 Å². The Balaban J connectivity index is 2.05. The molecule has 1 heterocycles. The summed E-state index contributed by atoms with van der Waals surface area (Å²) in [5, 5.41) is 9.47. The zero-order valence-corrected chi connectivity index (χ0v) is 12.7. The summed E-state index contributed by atoms with van der Waals surface area (Å²) >= 11 is 5.85. The molecule has 0 bridgehead atoms. The topological polar surface area (TPSA) is 79.3 Å². The predicted molar refractivity (Wildman–Crippen MR) is 80.5 cm³/mol. The van der Waals surface area contributed by atoms with Crippen LogP contribution in [0.3, 0.4) is 0 Å². The maximum Gasteiger partial charge on any atom is 0.240 e. The van der Waals surface area contributed by atoms with Crippen molar-refractivity contribution < 1.29 is 13.5 Å². The van der Waals surface area contributed by atoms with E-state index < -0.39 is 10.0 Å². The molecule has 5 nitrogen and oxygen atoms in total. The molecule has 7 heteroatoms. The lowest BCUT2D eigenvalue weighted by Crippen LogP contribution is -2.26. The van der Waals surface area contributed by atoms with E-state index in [2.05, 4.69) is 9.71 Å². The minimum absolute atomic E-state index is 0.0886. The maximum atomic E-state index is 12.2. The third-order valence-electron chi connectivity index (χ3n) is 2.95. The van der Waals surface area contributed by atoms with Gasteiger partial charge in [0.25, 0.3) is 0 Å². The number of nitrogens with zero attached hydrogens (tertiary/aromatic N) is 1. The maximum absolute atomic E-state index is 12.2. The fraction of sp³-hybridized carbons (Fsp3) is 0.214. The lowest BCUT2D eigenvalue weighted by molar-refractivity contribution is 0.281. The van der Waals surface area contributed by atoms with Gasteiger partial charge in [-0.25, -0.2) is 13.1 Å². The van der Waals surface area contributed by atoms with Crippen LogP contribution in [0.2, 0.25) is 5.02 Å². The summed E-state index contributed by atoms with van der Waals surface area (Å²) in [5.74, 6) is 0. The second-order valence-electron chi connectivity index (χ2n) is 4.41. The first-order valence-corrected chi connectivity index (χ1v) is 8.17. The van der Waals surface area contributed by atoms with Crippen molar-refractivity contribution in [2.24, 2.45) is 0 Å². The Kier molecular flexibility index (Phi) is 5.30. The summed E-state index contributed by atoms with van der Waals surface area (Å²) in [6.45, 7) is -0.0252. The molecular weight excluding hydrogens is 312 g/mol. The molecule has 0 aliphatic carbocycles. The van der Waals surface area contributed by atoms with Crippen LogP contribution in [-0.4, -0.2) is 25.1 Å². The Morgan fingerprint density at radius 2 is 1.90 bits per heavy atom. The third-order valence-corrected chi connectivity index (χ3v) is 4.78. The molecule has 0 saturated carbocycles. The summed E-state index contributed by atoms with van der Waals surface area (Å²) in [4.78, 5) is 3.99. The van der Waals surface area contributed by atoms with Crippen LogP contribution in [0.15, 0.2) is 47.6 Å². The van der Waals surface area contributed by atoms with Crippen LogP contribution >= 0.6 is 11.6 Å². The van der Waals surface area contributed by atoms with Crippen molar-refractivity contribution in [3.8, 4) is 0 Å². The average molecular weight is 327 g/mol. The van der Waals surface area contributed by atoms with Gasteiger partial charge in [0.2, 0.25) is 10.0 Å². The fourth-order valence-corrected chi connectivity index (χ4v) is 3.06. The molecule has 0 spiro atoms. The van der Waals surface area contributed by atoms with Crippen molar-refractivity contribution in [1.82, 2.24) is 9.71 Å². The average Bonchev–Trinajstić information content (AvgIpc) is 2.48. The first kappa shape index (κ1) is 15.9. The Hall–Kier alpha value is -1.47. The van der Waals surface area contributed by atoms with E-state index in [-0.39, 0.29) is 18.0 Å². The van der Waals surface area contributed by atoms with Gasteiger partial charge in [0.1, 0.15) is 0 Å². The van der Waals surface area contributed by atoms with Crippen LogP contribution in [0.25, 0.3) is 0 Å². The van der Waals surface area contributed by atoms with Crippen molar-refractivity contribution in [2.45, 2.75) is 17.9 Å². The molecule has 0 saturated heterocycles. The van der Waals surface area contributed by atoms with Gasteiger partial charge in [-0.2, -0.15) is 0 Å². The molecule has 1 aromatic heterocycles. The second kappa shape index (κ2) is 7.00. The van der Waals surface area contributed by atoms with Crippen LogP contribution in [0, 0.1) is 0 Å². The molecule has 0 unspecified atom stereocenters. The van der Waals surface area contributed by atoms with Crippen LogP contribution in [0.4, 0.5) is 0 Å². The Bertz CT molecular complexity index is 705. The highest BCUT2D eigenvalue weighted by molar-refractivity contribution is 7.89. The molecule has 112 valence electrons. The number of aliphatic hydroxyl groups is 1. The van der Waals surface area contributed by atoms with Crippen molar-refractivity contribution in [3.63, 3.8) is 0 Å². The Morgan fingerprint density at radius 3 is 2.57 bits per heavy atom. The largest absolute Gasteiger partial charge is 0.392 e. The molecule has 0 aliphatic heterocycles. The van der Waals surface area contributed by atoms with E-state index in [9.17, 15) is 8.42 Å². The standard InChI is InChI=1S/C14H15ClN2O3S/c15-14-2-1-13(9-12(14)10-18)21(19,20)17-8-5-11-3-6-16-7-4-11/h1-4,6-7,9,17-18H,5,8,10H2. The van der Waals surface area contributed by atoms with E-state index in [1.54, 1.807) is 12.4 Å². The Labute approximate surface area is 128 Å². The highest BCUT2D eigenvalue weighted by Crippen LogP contribution is 2.20. The first-order chi connectivity index (χ1) is 10.0. The third kappa shape index (κ3) is 4.25. The van der Waals surface area contributed by atoms with Gasteiger partial charge >= 0.3 is 0 Å². The number of aromatic nitrogens is 1. The van der Waals surface area contributed by atoms with Crippen molar-refractivity contribution >= 4 is 21.6 Å². The van der Waals surface area contributed by atoms with E-state index in [0.29, 0.717) is 17.0 Å². The number of nitrogens with one attached hydrogen (secondary N) is 1. The summed E-state index contributed by atoms with van der Waals surface area (Å²) < 4.78 is 26.8. The molecule has 0 atom stereocenters. The van der Waals surface area contributed by atoms with E-state index in [0.717, 1.165) is 5.56 Å². The summed E-state index contributed by atoms with van der Waals surface area (Å²) in [6, 6.07) is 7.92. The first-order valence-electron chi connectivity index (χ1n) is 6.31. The molecule has 0 fully saturated rings. The molecule has 2 aromatic rings. The van der Waals surface area contributed by atoms with E-state index in [1.807, 2.05) is 12.1 Å². The van der Waals surface area contributed by atoms with Crippen molar-refractivity contribution in [1.29, 1.82) is 0 Å². The van der Waals surface area contributed by atoms with Gasteiger partial charge in [0, 0.05) is 24.0 Å². The zero-order chi connectivity index (χ0) is 15.3. The monoisotopic (exact) mass is 326 g/mol. The number of hydrogen-bond donors (Lipinski definition) is 2. The molecule has 0 aliphatic rings. The second-order valence-corrected chi connectivity index (χ2v) is 6.59. The van der Waals surface area contributed by atoms with Gasteiger partial charge in [0.15, 0.2) is 0 Å². The van der Waals surface area contributed by atoms with Gasteiger partial charge in [-0.15, -0.1) is 0 Å². The molecule has 21 heavy (non-hydrogen) atoms. The molecular formula is C14H15ClN2O3S. The van der Waals surface area contributed by atoms with Gasteiger partial charge in [-0.05, 0) is 47.9 Å². The lowest BCUT2D eigenvalue weighted by atomic mass is 10.2. The molecule has 2 rings (SSSR count). The van der Waals surface area contributed by atoms with E-state index in [4.69, 9.17) is 16.7 Å². The van der Waals surface area contributed by atoms with Crippen LogP contribution in [-0.2, 0) is 23.1 Å². The SMILES string of the molecule is O=S(=O)(NCCc1ccncc1)c1ccc(Cl)c(CO)c1. The molecule has 2 N–H and O–H groups in total. The van der Waals surface area contributed by atoms with Gasteiger partial charge in [-0.3, -0.25) is 4.98 Å². The van der Waals surface area contributed by atoms with Crippen molar-refractivity contribution in [3.05, 3.63) is 58.9 Å². The highest BCUT2D eigenvalue weighted by Gasteiger charge is 2.15. The molecule has 0 amide bonds. The number of halogens is 1. The number of sulfonamides is 1. The highest BCUT2D eigenvalue weighted by atomic mass is 35.5. The summed E-state index contributed by atoms with van der Waals surface area (Å²) in [5.41, 5.74) is 1.38. The number of pyridine rings is 1. The predicted octanol–water partition coefficient (Wildman–Crippen LogP) is 1.75. The number of hydrogen-bond acceptors (Lipinski definition) is 4. The summed E-state index contributed by atoms with van der Waals surface area (Å²) in [7, 11) is -3.62. The quantitative estimate of drug-likeness (QED) is 0.847. The number of aliphatic hydroxyl groups excluding tert-OH is 1. The number of benzene rings is 1. The van der Waals surface area contributed by atoms with E-state index >= 15 is 0 Å². The minimum atomic E-state index is -3.62.